The quantitative estimate of drug-likeness (QED) is 0.912. The molecule has 0 spiro atoms. The summed E-state index contributed by atoms with van der Waals surface area (Å²) in [6.45, 7) is 4.78. The zero-order valence-electron chi connectivity index (χ0n) is 14.8. The molecule has 0 radical (unpaired) electrons. The average molecular weight is 338 g/mol. The molecule has 2 heterocycles. The maximum absolute atomic E-state index is 12.8. The maximum atomic E-state index is 12.8. The summed E-state index contributed by atoms with van der Waals surface area (Å²) in [5.74, 6) is 0.961. The van der Waals surface area contributed by atoms with Gasteiger partial charge in [-0.25, -0.2) is 4.68 Å². The third-order valence-electron chi connectivity index (χ3n) is 5.28. The third-order valence-corrected chi connectivity index (χ3v) is 5.28. The third kappa shape index (κ3) is 3.76. The second-order valence-electron chi connectivity index (χ2n) is 7.34. The number of nitrogens with zero attached hydrogens (tertiary/aromatic N) is 3. The lowest BCUT2D eigenvalue weighted by Crippen LogP contribution is -2.45. The molecule has 1 aliphatic carbocycles. The first kappa shape index (κ1) is 16.3. The Morgan fingerprint density at radius 3 is 2.56 bits per heavy atom. The van der Waals surface area contributed by atoms with E-state index in [0.29, 0.717) is 11.7 Å². The van der Waals surface area contributed by atoms with Gasteiger partial charge in [0.1, 0.15) is 0 Å². The number of amides is 1. The lowest BCUT2D eigenvalue weighted by Gasteiger charge is -2.32. The number of benzene rings is 1. The molecule has 1 aliphatic heterocycles. The molecule has 5 heteroatoms. The minimum absolute atomic E-state index is 0.0541. The molecule has 25 heavy (non-hydrogen) atoms. The highest BCUT2D eigenvalue weighted by atomic mass is 16.2. The first-order chi connectivity index (χ1) is 12.2. The summed E-state index contributed by atoms with van der Waals surface area (Å²) in [7, 11) is 0. The van der Waals surface area contributed by atoms with E-state index in [9.17, 15) is 4.79 Å². The van der Waals surface area contributed by atoms with Crippen LogP contribution in [0.4, 0.5) is 0 Å². The molecule has 2 fully saturated rings. The largest absolute Gasteiger partial charge is 0.337 e. The van der Waals surface area contributed by atoms with Crippen LogP contribution in [-0.4, -0.2) is 46.3 Å². The van der Waals surface area contributed by atoms with Crippen LogP contribution in [-0.2, 0) is 0 Å². The summed E-state index contributed by atoms with van der Waals surface area (Å²) >= 11 is 0. The Morgan fingerprint density at radius 2 is 1.88 bits per heavy atom. The van der Waals surface area contributed by atoms with Gasteiger partial charge in [-0.1, -0.05) is 18.2 Å². The van der Waals surface area contributed by atoms with E-state index in [1.165, 1.54) is 12.8 Å². The average Bonchev–Trinajstić information content (AvgIpc) is 3.41. The van der Waals surface area contributed by atoms with Gasteiger partial charge < -0.3 is 10.2 Å². The summed E-state index contributed by atoms with van der Waals surface area (Å²) in [5.41, 5.74) is 2.52. The van der Waals surface area contributed by atoms with Crippen molar-refractivity contribution in [3.05, 3.63) is 47.8 Å². The molecule has 2 aromatic rings. The number of para-hydroxylation sites is 1. The van der Waals surface area contributed by atoms with Crippen LogP contribution in [0.2, 0.25) is 0 Å². The monoisotopic (exact) mass is 338 g/mol. The van der Waals surface area contributed by atoms with Crippen molar-refractivity contribution in [2.75, 3.05) is 19.6 Å². The molecular formula is C20H26N4O. The summed E-state index contributed by atoms with van der Waals surface area (Å²) < 4.78 is 1.84. The fourth-order valence-electron chi connectivity index (χ4n) is 3.51. The van der Waals surface area contributed by atoms with Crippen molar-refractivity contribution in [3.8, 4) is 5.69 Å². The van der Waals surface area contributed by atoms with Crippen LogP contribution in [0.25, 0.3) is 5.69 Å². The predicted octanol–water partition coefficient (Wildman–Crippen LogP) is 2.78. The number of aromatic nitrogens is 2. The fourth-order valence-corrected chi connectivity index (χ4v) is 3.51. The van der Waals surface area contributed by atoms with Gasteiger partial charge >= 0.3 is 0 Å². The van der Waals surface area contributed by atoms with Crippen molar-refractivity contribution < 1.29 is 4.79 Å². The Hall–Kier alpha value is -2.14. The Balaban J connectivity index is 1.38. The van der Waals surface area contributed by atoms with Crippen molar-refractivity contribution in [2.45, 2.75) is 38.6 Å². The van der Waals surface area contributed by atoms with E-state index >= 15 is 0 Å². The van der Waals surface area contributed by atoms with E-state index in [1.807, 2.05) is 52.9 Å². The fraction of sp³-hybridized carbons (Fsp3) is 0.500. The van der Waals surface area contributed by atoms with Gasteiger partial charge in [-0.15, -0.1) is 0 Å². The Bertz CT molecular complexity index is 727. The second-order valence-corrected chi connectivity index (χ2v) is 7.34. The molecule has 1 amide bonds. The van der Waals surface area contributed by atoms with Crippen LogP contribution in [0.3, 0.4) is 0 Å². The molecule has 5 nitrogen and oxygen atoms in total. The topological polar surface area (TPSA) is 50.2 Å². The van der Waals surface area contributed by atoms with Gasteiger partial charge in [0.15, 0.2) is 5.69 Å². The Labute approximate surface area is 149 Å². The van der Waals surface area contributed by atoms with Gasteiger partial charge in [0, 0.05) is 24.8 Å². The van der Waals surface area contributed by atoms with Crippen molar-refractivity contribution >= 4 is 5.91 Å². The van der Waals surface area contributed by atoms with E-state index in [4.69, 9.17) is 0 Å². The number of carbonyl (C=O) groups is 1. The van der Waals surface area contributed by atoms with Crippen LogP contribution in [0, 0.1) is 12.8 Å². The van der Waals surface area contributed by atoms with Crippen LogP contribution in [0.5, 0.6) is 0 Å². The smallest absolute Gasteiger partial charge is 0.274 e. The second kappa shape index (κ2) is 7.00. The number of carbonyl (C=O) groups excluding carboxylic acids is 1. The highest BCUT2D eigenvalue weighted by Crippen LogP contribution is 2.28. The SMILES string of the molecule is Cc1cc(C(=O)N2CCC(NCC3CC3)CC2)nn1-c1ccccc1. The number of hydrogen-bond donors (Lipinski definition) is 1. The Morgan fingerprint density at radius 1 is 1.16 bits per heavy atom. The predicted molar refractivity (Wildman–Crippen MR) is 98.0 cm³/mol. The van der Waals surface area contributed by atoms with E-state index in [1.54, 1.807) is 0 Å². The van der Waals surface area contributed by atoms with E-state index < -0.39 is 0 Å². The summed E-state index contributed by atoms with van der Waals surface area (Å²) in [4.78, 5) is 14.8. The van der Waals surface area contributed by atoms with Gasteiger partial charge in [0.25, 0.3) is 5.91 Å². The van der Waals surface area contributed by atoms with Crippen LogP contribution < -0.4 is 5.32 Å². The number of hydrogen-bond acceptors (Lipinski definition) is 3. The van der Waals surface area contributed by atoms with Crippen LogP contribution in [0.15, 0.2) is 36.4 Å². The molecule has 0 bridgehead atoms. The summed E-state index contributed by atoms with van der Waals surface area (Å²) in [5, 5.41) is 8.21. The van der Waals surface area contributed by atoms with Gasteiger partial charge in [-0.2, -0.15) is 5.10 Å². The highest BCUT2D eigenvalue weighted by Gasteiger charge is 2.27. The van der Waals surface area contributed by atoms with E-state index in [0.717, 1.165) is 49.8 Å². The number of likely N-dealkylation sites (tertiary alicyclic amines) is 1. The first-order valence-electron chi connectivity index (χ1n) is 9.35. The molecule has 1 saturated carbocycles. The highest BCUT2D eigenvalue weighted by molar-refractivity contribution is 5.92. The van der Waals surface area contributed by atoms with Crippen molar-refractivity contribution in [1.29, 1.82) is 0 Å². The molecule has 132 valence electrons. The van der Waals surface area contributed by atoms with Gasteiger partial charge in [0.2, 0.25) is 0 Å². The number of aryl methyl sites for hydroxylation is 1. The minimum Gasteiger partial charge on any atom is -0.337 e. The summed E-state index contributed by atoms with van der Waals surface area (Å²) in [6.07, 6.45) is 4.84. The molecule has 0 atom stereocenters. The molecule has 1 aromatic heterocycles. The molecule has 1 aromatic carbocycles. The van der Waals surface area contributed by atoms with Crippen molar-refractivity contribution in [3.63, 3.8) is 0 Å². The van der Waals surface area contributed by atoms with Gasteiger partial charge in [0.05, 0.1) is 5.69 Å². The lowest BCUT2D eigenvalue weighted by atomic mass is 10.0. The molecular weight excluding hydrogens is 312 g/mol. The number of nitrogens with one attached hydrogen (secondary N) is 1. The molecule has 2 aliphatic rings. The number of piperidine rings is 1. The first-order valence-corrected chi connectivity index (χ1v) is 9.35. The normalized spacial score (nSPS) is 18.5. The Kier molecular flexibility index (Phi) is 4.57. The van der Waals surface area contributed by atoms with Crippen LogP contribution >= 0.6 is 0 Å². The lowest BCUT2D eigenvalue weighted by molar-refractivity contribution is 0.0698. The molecule has 1 saturated heterocycles. The van der Waals surface area contributed by atoms with Crippen molar-refractivity contribution in [2.24, 2.45) is 5.92 Å². The molecule has 1 N–H and O–H groups in total. The number of rotatable bonds is 5. The standard InChI is InChI=1S/C20H26N4O/c1-15-13-19(22-24(15)18-5-3-2-4-6-18)20(25)23-11-9-17(10-12-23)21-14-16-7-8-16/h2-6,13,16-17,21H,7-12,14H2,1H3. The van der Waals surface area contributed by atoms with Gasteiger partial charge in [-0.05, 0) is 63.3 Å². The van der Waals surface area contributed by atoms with Gasteiger partial charge in [-0.3, -0.25) is 4.79 Å². The minimum atomic E-state index is 0.0541. The molecule has 4 rings (SSSR count). The zero-order valence-corrected chi connectivity index (χ0v) is 14.8. The zero-order chi connectivity index (χ0) is 17.2. The summed E-state index contributed by atoms with van der Waals surface area (Å²) in [6, 6.07) is 12.4. The molecule has 0 unspecified atom stereocenters. The maximum Gasteiger partial charge on any atom is 0.274 e. The van der Waals surface area contributed by atoms with Crippen molar-refractivity contribution in [1.82, 2.24) is 20.0 Å². The van der Waals surface area contributed by atoms with Crippen LogP contribution in [0.1, 0.15) is 41.9 Å². The van der Waals surface area contributed by atoms with E-state index in [-0.39, 0.29) is 5.91 Å². The van der Waals surface area contributed by atoms with E-state index in [2.05, 4.69) is 10.4 Å².